The molecule has 0 aromatic heterocycles. The van der Waals surface area contributed by atoms with E-state index in [1.165, 1.54) is 145 Å². The maximum atomic E-state index is 10.8. The van der Waals surface area contributed by atoms with Gasteiger partial charge < -0.3 is 102 Å². The van der Waals surface area contributed by atoms with E-state index in [0.29, 0.717) is 38.8 Å². The molecule has 6 aliphatic heterocycles. The number of fused-ring (bicyclic) bond motifs is 12. The predicted octanol–water partition coefficient (Wildman–Crippen LogP) is 25.9. The van der Waals surface area contributed by atoms with Gasteiger partial charge in [0.1, 0.15) is 0 Å². The van der Waals surface area contributed by atoms with Crippen molar-refractivity contribution in [3.63, 3.8) is 0 Å². The summed E-state index contributed by atoms with van der Waals surface area (Å²) >= 11 is 0. The molecular formula is C114H132N6O12Y6-6. The third-order valence-electron chi connectivity index (χ3n) is 25.1. The number of carbonyl (C=O) groups excluding carboxylic acids is 6. The van der Waals surface area contributed by atoms with E-state index in [2.05, 4.69) is 282 Å². The van der Waals surface area contributed by atoms with Crippen LogP contribution in [0.2, 0.25) is 0 Å². The summed E-state index contributed by atoms with van der Waals surface area (Å²) in [6.07, 6.45) is 3.52. The van der Waals surface area contributed by atoms with Crippen LogP contribution in [0.4, 0.5) is 68.2 Å². The standard InChI is InChI=1S/6C18H19NO2.6CH3.6Y/c1-12-8-16-10-15-6-4-5-7-17(15)19(14(3)21-11-20)18(16)9-13(12)2;1-12-8-13(2)16-10-15-6-4-5-7-17(15)19(18(16)9-12)14(3)21-11-20;1-12-8-13(2)18-16(9-12)10-15-6-4-5-7-17(15)19(18)14(3)21-11-20;1-12-8-9-18-16(13(12)2)10-15-6-4-5-7-17(15)19(18)14(3)21-11-20;1-12-8-9-16-10-15-6-4-5-7-17(15)19(14(3)21-11-20)18(16)13(12)2;1-12-8-9-13(2)18-16(12)10-15-6-4-5-7-17(15)19(18)14(3)21-11-20;;;;;;;;;;;;/h6*4-9,11,14H,10H2,1-3H3;6*1H3;;;;;;/q;;;;;;6*-1;;;;;;. The molecule has 18 nitrogen and oxygen atoms in total. The fourth-order valence-corrected chi connectivity index (χ4v) is 18.7. The Morgan fingerprint density at radius 2 is 0.507 bits per heavy atom. The van der Waals surface area contributed by atoms with Gasteiger partial charge in [-0.05, 0) is 307 Å². The molecule has 138 heavy (non-hydrogen) atoms. The van der Waals surface area contributed by atoms with Crippen LogP contribution in [0.5, 0.6) is 0 Å². The molecule has 12 aromatic carbocycles. The summed E-state index contributed by atoms with van der Waals surface area (Å²) in [6.45, 7) is 40.0. The van der Waals surface area contributed by atoms with Crippen molar-refractivity contribution < 1.29 is 253 Å². The molecule has 12 aromatic rings. The molecular weight excluding hydrogens is 2180 g/mol. The fourth-order valence-electron chi connectivity index (χ4n) is 18.7. The fraction of sp³-hybridized carbons (Fsp3) is 0.263. The average Bonchev–Trinajstić information content (AvgIpc) is 0.792. The minimum atomic E-state index is -0.330. The zero-order valence-electron chi connectivity index (χ0n) is 85.0. The van der Waals surface area contributed by atoms with Gasteiger partial charge >= 0.3 is 0 Å². The van der Waals surface area contributed by atoms with Crippen molar-refractivity contribution in [2.45, 2.75) is 201 Å². The van der Waals surface area contributed by atoms with Crippen molar-refractivity contribution in [1.82, 2.24) is 0 Å². The van der Waals surface area contributed by atoms with Crippen molar-refractivity contribution in [1.29, 1.82) is 0 Å². The topological polar surface area (TPSA) is 177 Å². The van der Waals surface area contributed by atoms with Crippen molar-refractivity contribution in [2.75, 3.05) is 29.4 Å². The van der Waals surface area contributed by atoms with Crippen molar-refractivity contribution in [3.05, 3.63) is 396 Å². The van der Waals surface area contributed by atoms with Crippen LogP contribution in [0.15, 0.2) is 218 Å². The number of hydrogen-bond acceptors (Lipinski definition) is 18. The smallest absolute Gasteiger partial charge is 0.295 e. The molecule has 6 radical (unpaired) electrons. The van der Waals surface area contributed by atoms with E-state index in [4.69, 9.17) is 28.4 Å². The Kier molecular flexibility index (Phi) is 55.3. The summed E-state index contributed by atoms with van der Waals surface area (Å²) in [5.41, 5.74) is 44.0. The minimum Gasteiger partial charge on any atom is -0.444 e. The van der Waals surface area contributed by atoms with Crippen molar-refractivity contribution in [3.8, 4) is 0 Å². The SMILES string of the molecule is Cc1cc(C)c2c(c1)Cc1ccccc1N2C(C)OC=O.Cc1cc(C)c2c(c1)N(C(C)OC=O)c1ccccc1C2.Cc1cc2c(cc1C)N(C(C)OC=O)c1ccccc1C2.Cc1ccc(C)c2c1Cc1ccccc1N2C(C)OC=O.Cc1ccc2c(c1C)Cc1ccccc1N2C(C)OC=O.Cc1ccc2c(c1C)N(C(C)OC=O)c1ccccc1C2.[CH3-].[CH3-].[CH3-].[CH3-].[CH3-].[CH3-].[Y].[Y].[Y].[Y].[Y].[Y]. The maximum Gasteiger partial charge on any atom is 0.295 e. The number of hydrogen-bond donors (Lipinski definition) is 0. The van der Waals surface area contributed by atoms with E-state index in [1.807, 2.05) is 90.1 Å². The van der Waals surface area contributed by atoms with Gasteiger partial charge in [-0.2, -0.15) is 0 Å². The number of anilines is 12. The number of ether oxygens (including phenoxy) is 6. The van der Waals surface area contributed by atoms with Gasteiger partial charge in [-0.1, -0.05) is 169 Å². The number of para-hydroxylation sites is 6. The molecule has 0 fully saturated rings. The van der Waals surface area contributed by atoms with E-state index in [9.17, 15) is 28.8 Å². The molecule has 0 saturated heterocycles. The Balaban J connectivity index is 0.000000814. The predicted molar refractivity (Wildman–Crippen MR) is 542 cm³/mol. The number of rotatable bonds is 18. The molecule has 6 unspecified atom stereocenters. The maximum absolute atomic E-state index is 10.8. The summed E-state index contributed by atoms with van der Waals surface area (Å²) in [5.74, 6) is 0. The van der Waals surface area contributed by atoms with Crippen LogP contribution in [0.1, 0.15) is 175 Å². The summed E-state index contributed by atoms with van der Waals surface area (Å²) in [6, 6.07) is 75.8. The monoisotopic (exact) mass is 2310 g/mol. The molecule has 0 aliphatic carbocycles. The molecule has 714 valence electrons. The van der Waals surface area contributed by atoms with Gasteiger partial charge in [0.05, 0.1) is 17.1 Å². The number of benzene rings is 12. The zero-order chi connectivity index (χ0) is 89.9. The van der Waals surface area contributed by atoms with E-state index in [0.717, 1.165) is 95.4 Å². The van der Waals surface area contributed by atoms with Crippen LogP contribution in [-0.4, -0.2) is 76.2 Å². The van der Waals surface area contributed by atoms with Crippen LogP contribution in [0.3, 0.4) is 0 Å². The number of carbonyl (C=O) groups is 6. The van der Waals surface area contributed by atoms with Crippen LogP contribution >= 0.6 is 0 Å². The van der Waals surface area contributed by atoms with E-state index >= 15 is 0 Å². The molecule has 6 atom stereocenters. The van der Waals surface area contributed by atoms with E-state index in [1.54, 1.807) is 0 Å². The van der Waals surface area contributed by atoms with Crippen molar-refractivity contribution >= 4 is 107 Å². The molecule has 0 amide bonds. The second-order valence-electron chi connectivity index (χ2n) is 33.3. The van der Waals surface area contributed by atoms with Crippen LogP contribution in [0.25, 0.3) is 0 Å². The third-order valence-corrected chi connectivity index (χ3v) is 25.1. The van der Waals surface area contributed by atoms with Crippen LogP contribution in [0, 0.1) is 128 Å². The molecule has 0 saturated carbocycles. The first-order valence-corrected chi connectivity index (χ1v) is 43.1. The third kappa shape index (κ3) is 28.5. The Morgan fingerprint density at radius 1 is 0.210 bits per heavy atom. The van der Waals surface area contributed by atoms with Crippen LogP contribution in [-0.2, 0) is 292 Å². The van der Waals surface area contributed by atoms with Crippen LogP contribution < -0.4 is 29.4 Å². The first kappa shape index (κ1) is 129. The zero-order valence-corrected chi connectivity index (χ0v) is 102. The first-order valence-electron chi connectivity index (χ1n) is 43.1. The first-order chi connectivity index (χ1) is 60.7. The summed E-state index contributed by atoms with van der Waals surface area (Å²) in [7, 11) is 0. The van der Waals surface area contributed by atoms with Gasteiger partial charge in [0.25, 0.3) is 38.8 Å². The van der Waals surface area contributed by atoms with E-state index < -0.39 is 0 Å². The van der Waals surface area contributed by atoms with Gasteiger partial charge in [-0.15, -0.1) is 0 Å². The van der Waals surface area contributed by atoms with Gasteiger partial charge in [-0.25, -0.2) is 0 Å². The second-order valence-corrected chi connectivity index (χ2v) is 33.3. The Hall–Kier alpha value is -7.12. The Bertz CT molecular complexity index is 6000. The van der Waals surface area contributed by atoms with Gasteiger partial charge in [0, 0.05) is 286 Å². The van der Waals surface area contributed by atoms with Crippen molar-refractivity contribution in [2.24, 2.45) is 0 Å². The van der Waals surface area contributed by atoms with E-state index in [-0.39, 0.29) is 278 Å². The second kappa shape index (κ2) is 59.2. The molecule has 6 aliphatic rings. The normalized spacial score (nSPS) is 12.9. The molecule has 0 N–H and O–H groups in total. The minimum absolute atomic E-state index is 0. The number of nitrogens with zero attached hydrogens (tertiary/aromatic N) is 6. The Morgan fingerprint density at radius 3 is 0.935 bits per heavy atom. The molecule has 18 rings (SSSR count). The largest absolute Gasteiger partial charge is 0.444 e. The van der Waals surface area contributed by atoms with Gasteiger partial charge in [0.2, 0.25) is 0 Å². The summed E-state index contributed by atoms with van der Waals surface area (Å²) in [5, 5.41) is 0. The summed E-state index contributed by atoms with van der Waals surface area (Å²) in [4.78, 5) is 77.3. The molecule has 6 heterocycles. The molecule has 0 spiro atoms. The molecule has 0 bridgehead atoms. The average molecular weight is 2310 g/mol. The number of aryl methyl sites for hydroxylation is 10. The molecule has 24 heteroatoms. The van der Waals surface area contributed by atoms with Gasteiger partial charge in [-0.3, -0.25) is 28.8 Å². The Labute approximate surface area is 974 Å². The quantitative estimate of drug-likeness (QED) is 0.0450. The van der Waals surface area contributed by atoms with Gasteiger partial charge in [0.15, 0.2) is 37.4 Å². The summed E-state index contributed by atoms with van der Waals surface area (Å²) < 4.78 is 31.3.